The number of carbonyl (C=O) groups excluding carboxylic acids is 2. The van der Waals surface area contributed by atoms with Gasteiger partial charge in [0.25, 0.3) is 0 Å². The van der Waals surface area contributed by atoms with E-state index >= 15 is 0 Å². The van der Waals surface area contributed by atoms with Crippen LogP contribution >= 0.6 is 0 Å². The van der Waals surface area contributed by atoms with E-state index in [9.17, 15) is 14.4 Å². The lowest BCUT2D eigenvalue weighted by Gasteiger charge is -2.27. The second-order valence-corrected chi connectivity index (χ2v) is 3.51. The predicted octanol–water partition coefficient (Wildman–Crippen LogP) is 0.398. The molecule has 0 spiro atoms. The molecule has 0 bridgehead atoms. The molecule has 0 aliphatic heterocycles. The van der Waals surface area contributed by atoms with Crippen molar-refractivity contribution in [2.45, 2.75) is 20.8 Å². The molecule has 104 valence electrons. The highest BCUT2D eigenvalue weighted by Crippen LogP contribution is 2.00. The Kier molecular flexibility index (Phi) is 7.50. The van der Waals surface area contributed by atoms with Crippen molar-refractivity contribution in [2.75, 3.05) is 32.8 Å². The molecule has 0 unspecified atom stereocenters. The van der Waals surface area contributed by atoms with Crippen molar-refractivity contribution in [2.24, 2.45) is 0 Å². The zero-order chi connectivity index (χ0) is 14.1. The van der Waals surface area contributed by atoms with E-state index in [2.05, 4.69) is 0 Å². The van der Waals surface area contributed by atoms with E-state index in [1.165, 1.54) is 4.90 Å². The normalized spacial score (nSPS) is 9.72. The molecule has 0 rings (SSSR count). The van der Waals surface area contributed by atoms with Gasteiger partial charge in [-0.2, -0.15) is 0 Å². The van der Waals surface area contributed by atoms with Crippen LogP contribution < -0.4 is 0 Å². The lowest BCUT2D eigenvalue weighted by molar-refractivity contribution is -0.143. The lowest BCUT2D eigenvalue weighted by Crippen LogP contribution is -2.47. The highest BCUT2D eigenvalue weighted by molar-refractivity contribution is 5.83. The number of aliphatic carboxylic acids is 1. The van der Waals surface area contributed by atoms with E-state index in [0.717, 1.165) is 4.90 Å². The van der Waals surface area contributed by atoms with Gasteiger partial charge in [0.15, 0.2) is 0 Å². The number of amides is 2. The summed E-state index contributed by atoms with van der Waals surface area (Å²) >= 11 is 0. The molecule has 0 saturated heterocycles. The monoisotopic (exact) mass is 260 g/mol. The third kappa shape index (κ3) is 5.51. The van der Waals surface area contributed by atoms with Crippen molar-refractivity contribution >= 4 is 18.0 Å². The van der Waals surface area contributed by atoms with Crippen molar-refractivity contribution in [3.05, 3.63) is 0 Å². The molecule has 0 aromatic carbocycles. The van der Waals surface area contributed by atoms with Gasteiger partial charge in [0.05, 0.1) is 6.61 Å². The van der Waals surface area contributed by atoms with Gasteiger partial charge in [-0.05, 0) is 20.8 Å². The van der Waals surface area contributed by atoms with Crippen LogP contribution in [0.3, 0.4) is 0 Å². The SMILES string of the molecule is CCOC(=O)CN(CC)C(=O)N(CC)CC(=O)O. The minimum Gasteiger partial charge on any atom is -0.480 e. The van der Waals surface area contributed by atoms with Gasteiger partial charge in [0.1, 0.15) is 13.1 Å². The molecule has 2 amide bonds. The summed E-state index contributed by atoms with van der Waals surface area (Å²) in [4.78, 5) is 36.3. The van der Waals surface area contributed by atoms with Gasteiger partial charge in [-0.25, -0.2) is 4.79 Å². The topological polar surface area (TPSA) is 87.2 Å². The molecule has 0 fully saturated rings. The van der Waals surface area contributed by atoms with Gasteiger partial charge >= 0.3 is 18.0 Å². The van der Waals surface area contributed by atoms with E-state index in [1.807, 2.05) is 0 Å². The Morgan fingerprint density at radius 3 is 1.89 bits per heavy atom. The van der Waals surface area contributed by atoms with Crippen LogP contribution in [0.25, 0.3) is 0 Å². The Morgan fingerprint density at radius 1 is 1.00 bits per heavy atom. The number of ether oxygens (including phenoxy) is 1. The van der Waals surface area contributed by atoms with Crippen LogP contribution in [0.5, 0.6) is 0 Å². The lowest BCUT2D eigenvalue weighted by atomic mass is 10.4. The number of hydrogen-bond donors (Lipinski definition) is 1. The molecular weight excluding hydrogens is 240 g/mol. The first-order chi connectivity index (χ1) is 8.46. The van der Waals surface area contributed by atoms with Crippen LogP contribution in [0.2, 0.25) is 0 Å². The fourth-order valence-electron chi connectivity index (χ4n) is 1.36. The summed E-state index contributed by atoms with van der Waals surface area (Å²) in [6.07, 6.45) is 0. The van der Waals surface area contributed by atoms with E-state index in [-0.39, 0.29) is 26.2 Å². The zero-order valence-electron chi connectivity index (χ0n) is 11.0. The number of rotatable bonds is 7. The van der Waals surface area contributed by atoms with Crippen LogP contribution in [0.1, 0.15) is 20.8 Å². The number of carboxylic acids is 1. The van der Waals surface area contributed by atoms with Crippen molar-refractivity contribution in [1.29, 1.82) is 0 Å². The second-order valence-electron chi connectivity index (χ2n) is 3.51. The quantitative estimate of drug-likeness (QED) is 0.669. The first-order valence-corrected chi connectivity index (χ1v) is 5.87. The average molecular weight is 260 g/mol. The van der Waals surface area contributed by atoms with Gasteiger partial charge in [-0.3, -0.25) is 9.59 Å². The second kappa shape index (κ2) is 8.32. The minimum absolute atomic E-state index is 0.167. The number of esters is 1. The smallest absolute Gasteiger partial charge is 0.325 e. The Bertz CT molecular complexity index is 306. The van der Waals surface area contributed by atoms with E-state index in [0.29, 0.717) is 6.54 Å². The first-order valence-electron chi connectivity index (χ1n) is 5.87. The third-order valence-corrected chi connectivity index (χ3v) is 2.26. The summed E-state index contributed by atoms with van der Waals surface area (Å²) in [5.41, 5.74) is 0. The molecule has 0 aromatic rings. The summed E-state index contributed by atoms with van der Waals surface area (Å²) in [7, 11) is 0. The summed E-state index contributed by atoms with van der Waals surface area (Å²) < 4.78 is 4.75. The molecule has 0 aliphatic rings. The number of hydrogen-bond acceptors (Lipinski definition) is 4. The Hall–Kier alpha value is -1.79. The summed E-state index contributed by atoms with van der Waals surface area (Å²) in [5, 5.41) is 8.68. The van der Waals surface area contributed by atoms with Crippen LogP contribution in [-0.4, -0.2) is 65.7 Å². The molecule has 0 atom stereocenters. The fraction of sp³-hybridized carbons (Fsp3) is 0.727. The molecule has 18 heavy (non-hydrogen) atoms. The highest BCUT2D eigenvalue weighted by atomic mass is 16.5. The standard InChI is InChI=1S/C11H20N2O5/c1-4-12(7-9(14)15)11(17)13(5-2)8-10(16)18-6-3/h4-8H2,1-3H3,(H,14,15). The zero-order valence-corrected chi connectivity index (χ0v) is 11.0. The summed E-state index contributed by atoms with van der Waals surface area (Å²) in [6.45, 7) is 5.35. The van der Waals surface area contributed by atoms with Gasteiger partial charge in [0, 0.05) is 13.1 Å². The minimum atomic E-state index is -1.09. The van der Waals surface area contributed by atoms with Gasteiger partial charge < -0.3 is 19.6 Å². The van der Waals surface area contributed by atoms with Crippen LogP contribution in [0.15, 0.2) is 0 Å². The predicted molar refractivity (Wildman–Crippen MR) is 64.2 cm³/mol. The van der Waals surface area contributed by atoms with Gasteiger partial charge in [-0.15, -0.1) is 0 Å². The van der Waals surface area contributed by atoms with Crippen molar-refractivity contribution in [3.63, 3.8) is 0 Å². The van der Waals surface area contributed by atoms with E-state index < -0.39 is 18.0 Å². The maximum Gasteiger partial charge on any atom is 0.325 e. The van der Waals surface area contributed by atoms with Crippen LogP contribution in [-0.2, 0) is 14.3 Å². The molecule has 7 heteroatoms. The van der Waals surface area contributed by atoms with Gasteiger partial charge in [0.2, 0.25) is 0 Å². The van der Waals surface area contributed by atoms with Gasteiger partial charge in [-0.1, -0.05) is 0 Å². The number of carbonyl (C=O) groups is 3. The number of carboxylic acid groups (broad SMARTS) is 1. The molecular formula is C11H20N2O5. The first kappa shape index (κ1) is 16.2. The van der Waals surface area contributed by atoms with Crippen LogP contribution in [0, 0.1) is 0 Å². The number of urea groups is 1. The molecule has 1 N–H and O–H groups in total. The summed E-state index contributed by atoms with van der Waals surface area (Å²) in [5.74, 6) is -1.59. The molecule has 0 saturated carbocycles. The number of likely N-dealkylation sites (N-methyl/N-ethyl adjacent to an activating group) is 2. The van der Waals surface area contributed by atoms with Crippen molar-refractivity contribution in [1.82, 2.24) is 9.80 Å². The molecule has 0 aromatic heterocycles. The van der Waals surface area contributed by atoms with E-state index in [4.69, 9.17) is 9.84 Å². The van der Waals surface area contributed by atoms with Crippen LogP contribution in [0.4, 0.5) is 4.79 Å². The Labute approximate surface area is 106 Å². The average Bonchev–Trinajstić information content (AvgIpc) is 2.32. The van der Waals surface area contributed by atoms with Crippen molar-refractivity contribution < 1.29 is 24.2 Å². The maximum atomic E-state index is 12.0. The highest BCUT2D eigenvalue weighted by Gasteiger charge is 2.22. The maximum absolute atomic E-state index is 12.0. The Morgan fingerprint density at radius 2 is 1.50 bits per heavy atom. The van der Waals surface area contributed by atoms with Crippen molar-refractivity contribution in [3.8, 4) is 0 Å². The third-order valence-electron chi connectivity index (χ3n) is 2.26. The Balaban J connectivity index is 4.56. The number of nitrogens with zero attached hydrogens (tertiary/aromatic N) is 2. The summed E-state index contributed by atoms with van der Waals surface area (Å²) in [6, 6.07) is -0.476. The molecule has 0 heterocycles. The molecule has 7 nitrogen and oxygen atoms in total. The molecule has 0 radical (unpaired) electrons. The fourth-order valence-corrected chi connectivity index (χ4v) is 1.36. The largest absolute Gasteiger partial charge is 0.480 e. The molecule has 0 aliphatic carbocycles. The van der Waals surface area contributed by atoms with E-state index in [1.54, 1.807) is 20.8 Å².